The van der Waals surface area contributed by atoms with E-state index < -0.39 is 0 Å². The molecule has 0 aliphatic rings. The van der Waals surface area contributed by atoms with E-state index in [4.69, 9.17) is 31.5 Å². The monoisotopic (exact) mass is 471 g/mol. The Morgan fingerprint density at radius 1 is 1.15 bits per heavy atom. The van der Waals surface area contributed by atoms with Gasteiger partial charge < -0.3 is 29.8 Å². The van der Waals surface area contributed by atoms with Crippen LogP contribution in [0.3, 0.4) is 0 Å². The number of hydrogen-bond donors (Lipinski definition) is 2. The van der Waals surface area contributed by atoms with E-state index >= 15 is 0 Å². The van der Waals surface area contributed by atoms with E-state index in [9.17, 15) is 4.79 Å². The maximum Gasteiger partial charge on any atom is 0.261 e. The molecule has 0 atom stereocenters. The zero-order chi connectivity index (χ0) is 23.7. The lowest BCUT2D eigenvalue weighted by Gasteiger charge is -2.13. The number of rotatable bonds is 8. The first kappa shape index (κ1) is 22.8. The third-order valence-corrected chi connectivity index (χ3v) is 5.66. The second-order valence-electron chi connectivity index (χ2n) is 7.85. The number of aromatic amines is 1. The molecule has 4 aromatic rings. The number of anilines is 1. The molecule has 174 valence electrons. The molecule has 0 aliphatic carbocycles. The molecule has 2 aromatic heterocycles. The van der Waals surface area contributed by atoms with Crippen LogP contribution in [0.25, 0.3) is 27.5 Å². The van der Waals surface area contributed by atoms with Gasteiger partial charge in [-0.1, -0.05) is 11.6 Å². The van der Waals surface area contributed by atoms with Gasteiger partial charge in [0, 0.05) is 24.1 Å². The van der Waals surface area contributed by atoms with Gasteiger partial charge in [0.05, 0.1) is 37.1 Å². The molecular formula is C23H26ClN5O4. The molecule has 0 bridgehead atoms. The molecular weight excluding hydrogens is 446 g/mol. The number of benzene rings is 2. The minimum atomic E-state index is -0.357. The fourth-order valence-electron chi connectivity index (χ4n) is 3.69. The Morgan fingerprint density at radius 3 is 2.64 bits per heavy atom. The van der Waals surface area contributed by atoms with E-state index in [1.165, 1.54) is 4.68 Å². The van der Waals surface area contributed by atoms with Gasteiger partial charge in [-0.25, -0.2) is 4.68 Å². The first-order valence-corrected chi connectivity index (χ1v) is 10.8. The van der Waals surface area contributed by atoms with Gasteiger partial charge in [0.25, 0.3) is 5.56 Å². The molecule has 2 heterocycles. The van der Waals surface area contributed by atoms with E-state index in [-0.39, 0.29) is 16.8 Å². The molecule has 10 heteroatoms. The number of H-pyrrole nitrogens is 1. The van der Waals surface area contributed by atoms with Crippen molar-refractivity contribution in [3.63, 3.8) is 0 Å². The minimum absolute atomic E-state index is 0.172. The van der Waals surface area contributed by atoms with E-state index in [0.29, 0.717) is 51.0 Å². The van der Waals surface area contributed by atoms with Crippen LogP contribution in [0.5, 0.6) is 17.2 Å². The molecule has 0 radical (unpaired) electrons. The average molecular weight is 472 g/mol. The maximum atomic E-state index is 12.9. The summed E-state index contributed by atoms with van der Waals surface area (Å²) in [6, 6.07) is 8.67. The summed E-state index contributed by atoms with van der Waals surface area (Å²) in [7, 11) is 7.15. The maximum absolute atomic E-state index is 12.9. The van der Waals surface area contributed by atoms with Gasteiger partial charge in [-0.3, -0.25) is 4.79 Å². The van der Waals surface area contributed by atoms with Crippen LogP contribution in [0.1, 0.15) is 6.42 Å². The highest BCUT2D eigenvalue weighted by molar-refractivity contribution is 6.32. The van der Waals surface area contributed by atoms with Crippen molar-refractivity contribution >= 4 is 39.2 Å². The molecule has 2 aromatic carbocycles. The number of nitrogen functional groups attached to an aromatic ring is 1. The van der Waals surface area contributed by atoms with Crippen LogP contribution in [0, 0.1) is 0 Å². The molecule has 0 amide bonds. The largest absolute Gasteiger partial charge is 0.497 e. The number of aromatic nitrogens is 3. The van der Waals surface area contributed by atoms with Gasteiger partial charge in [-0.15, -0.1) is 0 Å². The Kier molecular flexibility index (Phi) is 6.35. The van der Waals surface area contributed by atoms with Crippen LogP contribution in [0.2, 0.25) is 5.02 Å². The summed E-state index contributed by atoms with van der Waals surface area (Å²) in [6.45, 7) is 1.42. The molecule has 4 rings (SSSR count). The third kappa shape index (κ3) is 4.29. The fraction of sp³-hybridized carbons (Fsp3) is 0.304. The van der Waals surface area contributed by atoms with Crippen LogP contribution in [-0.4, -0.2) is 61.1 Å². The molecule has 9 nitrogen and oxygen atoms in total. The van der Waals surface area contributed by atoms with Crippen LogP contribution in [0.4, 0.5) is 5.82 Å². The predicted molar refractivity (Wildman–Crippen MR) is 130 cm³/mol. The first-order valence-electron chi connectivity index (χ1n) is 10.4. The molecule has 0 unspecified atom stereocenters. The van der Waals surface area contributed by atoms with Gasteiger partial charge in [-0.2, -0.15) is 5.10 Å². The summed E-state index contributed by atoms with van der Waals surface area (Å²) in [4.78, 5) is 17.9. The molecule has 33 heavy (non-hydrogen) atoms. The van der Waals surface area contributed by atoms with E-state index in [1.54, 1.807) is 44.6 Å². The number of ether oxygens (including phenoxy) is 3. The van der Waals surface area contributed by atoms with Crippen molar-refractivity contribution in [3.05, 3.63) is 45.7 Å². The van der Waals surface area contributed by atoms with Crippen LogP contribution < -0.4 is 25.5 Å². The highest BCUT2D eigenvalue weighted by Gasteiger charge is 2.20. The Balaban J connectivity index is 1.85. The fourth-order valence-corrected chi connectivity index (χ4v) is 3.89. The zero-order valence-corrected chi connectivity index (χ0v) is 19.7. The van der Waals surface area contributed by atoms with Gasteiger partial charge >= 0.3 is 0 Å². The van der Waals surface area contributed by atoms with Crippen molar-refractivity contribution in [2.75, 3.05) is 47.2 Å². The van der Waals surface area contributed by atoms with Crippen molar-refractivity contribution in [2.24, 2.45) is 0 Å². The Morgan fingerprint density at radius 2 is 1.94 bits per heavy atom. The standard InChI is InChI=1S/C23H26ClN5O4/c1-28(2)8-5-9-33-19-12-16-14(11-18(19)32-4)21-20(23(30)26-16)22(25)29(27-21)17-10-13(31-3)6-7-15(17)24/h6-7,10-12H,5,8-9,25H2,1-4H3,(H,26,30). The average Bonchev–Trinajstić information content (AvgIpc) is 3.14. The summed E-state index contributed by atoms with van der Waals surface area (Å²) < 4.78 is 18.2. The zero-order valence-electron chi connectivity index (χ0n) is 18.9. The van der Waals surface area contributed by atoms with E-state index in [1.807, 2.05) is 14.1 Å². The summed E-state index contributed by atoms with van der Waals surface area (Å²) >= 11 is 6.40. The highest BCUT2D eigenvalue weighted by atomic mass is 35.5. The topological polar surface area (TPSA) is 108 Å². The molecule has 0 saturated carbocycles. The summed E-state index contributed by atoms with van der Waals surface area (Å²) in [6.07, 6.45) is 0.853. The van der Waals surface area contributed by atoms with E-state index in [0.717, 1.165) is 13.0 Å². The lowest BCUT2D eigenvalue weighted by Crippen LogP contribution is -2.15. The van der Waals surface area contributed by atoms with Gasteiger partial charge in [0.15, 0.2) is 11.5 Å². The number of pyridine rings is 1. The SMILES string of the molecule is COc1ccc(Cl)c(-n2nc3c(c2N)c(=O)[nH]c2cc(OCCCN(C)C)c(OC)cc23)c1. The number of methoxy groups -OCH3 is 2. The van der Waals surface area contributed by atoms with Crippen LogP contribution >= 0.6 is 11.6 Å². The molecule has 0 saturated heterocycles. The number of nitrogens with two attached hydrogens (primary N) is 1. The third-order valence-electron chi connectivity index (χ3n) is 5.34. The lowest BCUT2D eigenvalue weighted by atomic mass is 10.1. The number of nitrogens with one attached hydrogen (secondary N) is 1. The van der Waals surface area contributed by atoms with Gasteiger partial charge in [-0.05, 0) is 38.7 Å². The Bertz CT molecular complexity index is 1380. The Hall–Kier alpha value is -3.43. The highest BCUT2D eigenvalue weighted by Crippen LogP contribution is 2.36. The molecule has 0 aliphatic heterocycles. The summed E-state index contributed by atoms with van der Waals surface area (Å²) in [5.74, 6) is 1.84. The Labute approximate surface area is 195 Å². The quantitative estimate of drug-likeness (QED) is 0.379. The van der Waals surface area contributed by atoms with Crippen LogP contribution in [0.15, 0.2) is 35.1 Å². The lowest BCUT2D eigenvalue weighted by molar-refractivity contribution is 0.268. The van der Waals surface area contributed by atoms with Crippen LogP contribution in [-0.2, 0) is 0 Å². The van der Waals surface area contributed by atoms with Crippen molar-refractivity contribution in [2.45, 2.75) is 6.42 Å². The van der Waals surface area contributed by atoms with Gasteiger partial charge in [0.2, 0.25) is 0 Å². The summed E-state index contributed by atoms with van der Waals surface area (Å²) in [5, 5.41) is 6.00. The van der Waals surface area contributed by atoms with E-state index in [2.05, 4.69) is 15.0 Å². The van der Waals surface area contributed by atoms with Crippen molar-refractivity contribution < 1.29 is 14.2 Å². The number of fused-ring (bicyclic) bond motifs is 3. The van der Waals surface area contributed by atoms with Crippen molar-refractivity contribution in [1.82, 2.24) is 19.7 Å². The molecule has 0 spiro atoms. The van der Waals surface area contributed by atoms with Crippen molar-refractivity contribution in [3.8, 4) is 22.9 Å². The smallest absolute Gasteiger partial charge is 0.261 e. The molecule has 0 fully saturated rings. The number of halogens is 1. The minimum Gasteiger partial charge on any atom is -0.497 e. The number of hydrogen-bond acceptors (Lipinski definition) is 7. The summed E-state index contributed by atoms with van der Waals surface area (Å²) in [5.41, 5.74) is 7.50. The van der Waals surface area contributed by atoms with Gasteiger partial charge in [0.1, 0.15) is 22.5 Å². The second-order valence-corrected chi connectivity index (χ2v) is 8.25. The first-order chi connectivity index (χ1) is 15.8. The second kappa shape index (κ2) is 9.21. The number of nitrogens with zero attached hydrogens (tertiary/aromatic N) is 3. The molecule has 3 N–H and O–H groups in total. The predicted octanol–water partition coefficient (Wildman–Crippen LogP) is 3.45. The normalized spacial score (nSPS) is 11.5. The van der Waals surface area contributed by atoms with Crippen molar-refractivity contribution in [1.29, 1.82) is 0 Å².